The highest BCUT2D eigenvalue weighted by Gasteiger charge is 2.29. The summed E-state index contributed by atoms with van der Waals surface area (Å²) in [5.74, 6) is -0.540. The molecule has 1 unspecified atom stereocenters. The number of carbonyl (C=O) groups is 3. The molecule has 1 aliphatic rings. The molecule has 0 radical (unpaired) electrons. The second-order valence-corrected chi connectivity index (χ2v) is 8.17. The second kappa shape index (κ2) is 10.4. The van der Waals surface area contributed by atoms with E-state index in [2.05, 4.69) is 16.7 Å². The Hall–Kier alpha value is -4.20. The SMILES string of the molecule is CCNC(=O)NC(=O)C(C)OC(=O)c1c2c(nc3ccccc13)/C(=C/c1ccc(OC)cc1)CC2. The number of carbonyl (C=O) groups excluding carboxylic acids is 3. The summed E-state index contributed by atoms with van der Waals surface area (Å²) in [6.07, 6.45) is 2.25. The van der Waals surface area contributed by atoms with Gasteiger partial charge in [-0.15, -0.1) is 0 Å². The topological polar surface area (TPSA) is 107 Å². The van der Waals surface area contributed by atoms with Gasteiger partial charge in [0.2, 0.25) is 0 Å². The molecule has 3 aromatic rings. The fourth-order valence-corrected chi connectivity index (χ4v) is 4.10. The lowest BCUT2D eigenvalue weighted by Gasteiger charge is -2.16. The van der Waals surface area contributed by atoms with Crippen LogP contribution in [0.2, 0.25) is 0 Å². The van der Waals surface area contributed by atoms with Crippen molar-refractivity contribution >= 4 is 40.5 Å². The number of methoxy groups -OCH3 is 1. The van der Waals surface area contributed by atoms with Crippen molar-refractivity contribution in [3.63, 3.8) is 0 Å². The smallest absolute Gasteiger partial charge is 0.339 e. The van der Waals surface area contributed by atoms with Crippen LogP contribution in [0, 0.1) is 0 Å². The molecule has 0 saturated heterocycles. The number of esters is 1. The fourth-order valence-electron chi connectivity index (χ4n) is 4.10. The number of urea groups is 1. The highest BCUT2D eigenvalue weighted by molar-refractivity contribution is 6.08. The molecule has 8 nitrogen and oxygen atoms in total. The summed E-state index contributed by atoms with van der Waals surface area (Å²) in [5.41, 5.74) is 4.65. The highest BCUT2D eigenvalue weighted by Crippen LogP contribution is 2.38. The number of allylic oxidation sites excluding steroid dienone is 1. The first kappa shape index (κ1) is 23.9. The Morgan fingerprint density at radius 1 is 1.09 bits per heavy atom. The summed E-state index contributed by atoms with van der Waals surface area (Å²) in [4.78, 5) is 42.1. The van der Waals surface area contributed by atoms with Gasteiger partial charge in [-0.1, -0.05) is 30.3 Å². The van der Waals surface area contributed by atoms with Crippen molar-refractivity contribution in [1.29, 1.82) is 0 Å². The van der Waals surface area contributed by atoms with Gasteiger partial charge < -0.3 is 14.8 Å². The Bertz CT molecular complexity index is 1310. The van der Waals surface area contributed by atoms with Gasteiger partial charge in [0.1, 0.15) is 5.75 Å². The number of pyridine rings is 1. The van der Waals surface area contributed by atoms with Crippen molar-refractivity contribution in [3.8, 4) is 5.75 Å². The zero-order chi connectivity index (χ0) is 24.9. The molecule has 2 aromatic carbocycles. The molecule has 2 N–H and O–H groups in total. The predicted octanol–water partition coefficient (Wildman–Crippen LogP) is 4.12. The molecule has 0 fully saturated rings. The van der Waals surface area contributed by atoms with Gasteiger partial charge in [-0.3, -0.25) is 10.1 Å². The van der Waals surface area contributed by atoms with Crippen molar-refractivity contribution < 1.29 is 23.9 Å². The molecule has 0 aliphatic heterocycles. The van der Waals surface area contributed by atoms with Gasteiger partial charge >= 0.3 is 12.0 Å². The first-order chi connectivity index (χ1) is 16.9. The molecule has 1 aromatic heterocycles. The van der Waals surface area contributed by atoms with E-state index in [0.29, 0.717) is 29.4 Å². The van der Waals surface area contributed by atoms with Gasteiger partial charge in [0.25, 0.3) is 5.91 Å². The van der Waals surface area contributed by atoms with Crippen LogP contribution in [0.25, 0.3) is 22.6 Å². The van der Waals surface area contributed by atoms with Crippen LogP contribution in [0.5, 0.6) is 5.75 Å². The van der Waals surface area contributed by atoms with E-state index in [4.69, 9.17) is 14.5 Å². The van der Waals surface area contributed by atoms with E-state index in [1.165, 1.54) is 6.92 Å². The summed E-state index contributed by atoms with van der Waals surface area (Å²) in [6, 6.07) is 14.5. The van der Waals surface area contributed by atoms with E-state index in [0.717, 1.165) is 34.6 Å². The number of ether oxygens (including phenoxy) is 2. The number of aromatic nitrogens is 1. The zero-order valence-electron chi connectivity index (χ0n) is 19.9. The number of para-hydroxylation sites is 1. The van der Waals surface area contributed by atoms with Crippen LogP contribution in [0.15, 0.2) is 48.5 Å². The Balaban J connectivity index is 1.67. The van der Waals surface area contributed by atoms with Crippen LogP contribution in [0.3, 0.4) is 0 Å². The minimum absolute atomic E-state index is 0.370. The van der Waals surface area contributed by atoms with Crippen molar-refractivity contribution in [3.05, 3.63) is 70.9 Å². The van der Waals surface area contributed by atoms with Crippen LogP contribution in [0.1, 0.15) is 47.4 Å². The fraction of sp³-hybridized carbons (Fsp3) is 0.259. The average Bonchev–Trinajstić information content (AvgIpc) is 3.24. The maximum atomic E-state index is 13.3. The Morgan fingerprint density at radius 2 is 1.83 bits per heavy atom. The summed E-state index contributed by atoms with van der Waals surface area (Å²) in [7, 11) is 1.63. The van der Waals surface area contributed by atoms with Crippen LogP contribution < -0.4 is 15.4 Å². The number of hydrogen-bond donors (Lipinski definition) is 2. The van der Waals surface area contributed by atoms with Gasteiger partial charge in [-0.05, 0) is 67.7 Å². The minimum atomic E-state index is -1.15. The summed E-state index contributed by atoms with van der Waals surface area (Å²) in [6.45, 7) is 3.54. The normalized spacial score (nSPS) is 14.3. The maximum absolute atomic E-state index is 13.3. The lowest BCUT2D eigenvalue weighted by Crippen LogP contribution is -2.44. The van der Waals surface area contributed by atoms with Gasteiger partial charge in [-0.2, -0.15) is 0 Å². The number of imide groups is 1. The summed E-state index contributed by atoms with van der Waals surface area (Å²) >= 11 is 0. The molecule has 180 valence electrons. The van der Waals surface area contributed by atoms with Crippen LogP contribution in [-0.2, 0) is 16.0 Å². The monoisotopic (exact) mass is 473 g/mol. The Kier molecular flexibility index (Phi) is 7.10. The lowest BCUT2D eigenvalue weighted by molar-refractivity contribution is -0.127. The number of benzene rings is 2. The molecule has 35 heavy (non-hydrogen) atoms. The molecule has 1 atom stereocenters. The molecule has 1 heterocycles. The third-order valence-corrected chi connectivity index (χ3v) is 5.83. The summed E-state index contributed by atoms with van der Waals surface area (Å²) < 4.78 is 10.7. The van der Waals surface area contributed by atoms with E-state index in [1.807, 2.05) is 48.5 Å². The highest BCUT2D eigenvalue weighted by atomic mass is 16.5. The zero-order valence-corrected chi connectivity index (χ0v) is 19.9. The standard InChI is InChI=1S/C27H27N3O5/c1-4-28-27(33)30-25(31)16(2)35-26(32)23-20-7-5-6-8-22(20)29-24-18(11-14-21(23)24)15-17-9-12-19(34-3)13-10-17/h5-10,12-13,15-16H,4,11,14H2,1-3H3,(H2,28,30,31,33)/b18-15+. The quantitative estimate of drug-likeness (QED) is 0.522. The van der Waals surface area contributed by atoms with Gasteiger partial charge in [0.05, 0.1) is 23.9 Å². The molecule has 4 rings (SSSR count). The molecule has 8 heteroatoms. The van der Waals surface area contributed by atoms with E-state index in [9.17, 15) is 14.4 Å². The van der Waals surface area contributed by atoms with Crippen LogP contribution in [-0.4, -0.2) is 42.7 Å². The van der Waals surface area contributed by atoms with E-state index in [-0.39, 0.29) is 0 Å². The van der Waals surface area contributed by atoms with Crippen molar-refractivity contribution in [2.24, 2.45) is 0 Å². The van der Waals surface area contributed by atoms with E-state index >= 15 is 0 Å². The third kappa shape index (κ3) is 5.16. The van der Waals surface area contributed by atoms with E-state index in [1.54, 1.807) is 14.0 Å². The third-order valence-electron chi connectivity index (χ3n) is 5.83. The molecular weight excluding hydrogens is 446 g/mol. The Labute approximate surface area is 203 Å². The second-order valence-electron chi connectivity index (χ2n) is 8.17. The first-order valence-electron chi connectivity index (χ1n) is 11.5. The van der Waals surface area contributed by atoms with Crippen molar-refractivity contribution in [1.82, 2.24) is 15.6 Å². The van der Waals surface area contributed by atoms with Crippen LogP contribution in [0.4, 0.5) is 4.79 Å². The maximum Gasteiger partial charge on any atom is 0.339 e. The van der Waals surface area contributed by atoms with Crippen molar-refractivity contribution in [2.45, 2.75) is 32.8 Å². The van der Waals surface area contributed by atoms with Gasteiger partial charge in [-0.25, -0.2) is 14.6 Å². The van der Waals surface area contributed by atoms with Gasteiger partial charge in [0, 0.05) is 11.9 Å². The van der Waals surface area contributed by atoms with Crippen LogP contribution >= 0.6 is 0 Å². The average molecular weight is 474 g/mol. The molecular formula is C27H27N3O5. The molecule has 0 spiro atoms. The largest absolute Gasteiger partial charge is 0.497 e. The number of amides is 3. The van der Waals surface area contributed by atoms with Crippen molar-refractivity contribution in [2.75, 3.05) is 13.7 Å². The minimum Gasteiger partial charge on any atom is -0.497 e. The molecule has 0 saturated carbocycles. The number of nitrogens with one attached hydrogen (secondary N) is 2. The Morgan fingerprint density at radius 3 is 2.54 bits per heavy atom. The summed E-state index contributed by atoms with van der Waals surface area (Å²) in [5, 5.41) is 5.31. The lowest BCUT2D eigenvalue weighted by atomic mass is 10.0. The number of rotatable bonds is 6. The number of nitrogens with zero attached hydrogens (tertiary/aromatic N) is 1. The molecule has 0 bridgehead atoms. The number of hydrogen-bond acceptors (Lipinski definition) is 6. The first-order valence-corrected chi connectivity index (χ1v) is 11.5. The predicted molar refractivity (Wildman–Crippen MR) is 133 cm³/mol. The van der Waals surface area contributed by atoms with Gasteiger partial charge in [0.15, 0.2) is 6.10 Å². The van der Waals surface area contributed by atoms with E-state index < -0.39 is 24.0 Å². The molecule has 1 aliphatic carbocycles. The molecule has 3 amide bonds. The number of fused-ring (bicyclic) bond motifs is 2.